The minimum absolute atomic E-state index is 0.889. The summed E-state index contributed by atoms with van der Waals surface area (Å²) in [7, 11) is 0. The van der Waals surface area contributed by atoms with Crippen LogP contribution >= 0.6 is 11.8 Å². The summed E-state index contributed by atoms with van der Waals surface area (Å²) in [5.41, 5.74) is 0. The normalized spacial score (nSPS) is 27.7. The Morgan fingerprint density at radius 2 is 1.92 bits per heavy atom. The van der Waals surface area contributed by atoms with Crippen molar-refractivity contribution < 1.29 is 0 Å². The van der Waals surface area contributed by atoms with E-state index in [-0.39, 0.29) is 0 Å². The number of nitrogens with zero attached hydrogens (tertiary/aromatic N) is 1. The number of hydrogen-bond donors (Lipinski definition) is 0. The van der Waals surface area contributed by atoms with Gasteiger partial charge in [-0.05, 0) is 18.8 Å². The summed E-state index contributed by atoms with van der Waals surface area (Å²) in [6.45, 7) is 8.43. The standard InChI is InChI=1S/C8H16S.C2H3N/c1-6(2)8-5-4-7(3)9-8;1-2-3/h6-8H,4-5H2,1-3H3;1H3. The predicted octanol–water partition coefficient (Wildman–Crippen LogP) is 3.46. The van der Waals surface area contributed by atoms with Crippen LogP contribution in [0, 0.1) is 17.2 Å². The molecule has 12 heavy (non-hydrogen) atoms. The highest BCUT2D eigenvalue weighted by atomic mass is 32.2. The number of rotatable bonds is 1. The second-order valence-electron chi connectivity index (χ2n) is 3.53. The third-order valence-electron chi connectivity index (χ3n) is 2.01. The Bertz CT molecular complexity index is 148. The molecule has 0 bridgehead atoms. The van der Waals surface area contributed by atoms with Gasteiger partial charge in [-0.3, -0.25) is 0 Å². The minimum atomic E-state index is 0.889. The third-order valence-corrected chi connectivity index (χ3v) is 3.84. The molecule has 0 aromatic rings. The smallest absolute Gasteiger partial charge is 0.0587 e. The van der Waals surface area contributed by atoms with E-state index >= 15 is 0 Å². The highest BCUT2D eigenvalue weighted by molar-refractivity contribution is 8.00. The van der Waals surface area contributed by atoms with Crippen LogP contribution in [-0.4, -0.2) is 10.5 Å². The Kier molecular flexibility index (Phi) is 6.28. The van der Waals surface area contributed by atoms with Crippen molar-refractivity contribution in [1.82, 2.24) is 0 Å². The largest absolute Gasteiger partial charge is 0.199 e. The van der Waals surface area contributed by atoms with E-state index in [0.717, 1.165) is 16.4 Å². The SMILES string of the molecule is CC#N.CC1CCC(C(C)C)S1. The van der Waals surface area contributed by atoms with Crippen molar-refractivity contribution in [3.63, 3.8) is 0 Å². The minimum Gasteiger partial charge on any atom is -0.199 e. The summed E-state index contributed by atoms with van der Waals surface area (Å²) in [5, 5.41) is 9.21. The molecule has 0 aromatic heterocycles. The third kappa shape index (κ3) is 4.66. The molecule has 0 saturated carbocycles. The molecule has 0 aliphatic carbocycles. The van der Waals surface area contributed by atoms with Gasteiger partial charge < -0.3 is 0 Å². The Balaban J connectivity index is 0.000000354. The molecule has 2 atom stereocenters. The molecule has 0 radical (unpaired) electrons. The maximum Gasteiger partial charge on any atom is 0.0587 e. The van der Waals surface area contributed by atoms with E-state index in [0.29, 0.717) is 0 Å². The van der Waals surface area contributed by atoms with E-state index in [4.69, 9.17) is 5.26 Å². The van der Waals surface area contributed by atoms with E-state index in [2.05, 4.69) is 32.5 Å². The van der Waals surface area contributed by atoms with Gasteiger partial charge in [0.25, 0.3) is 0 Å². The summed E-state index contributed by atoms with van der Waals surface area (Å²) in [4.78, 5) is 0. The van der Waals surface area contributed by atoms with Crippen LogP contribution in [0.1, 0.15) is 40.5 Å². The molecule has 0 spiro atoms. The molecule has 0 amide bonds. The molecular weight excluding hydrogens is 166 g/mol. The second kappa shape index (κ2) is 6.37. The van der Waals surface area contributed by atoms with Crippen LogP contribution in [0.15, 0.2) is 0 Å². The lowest BCUT2D eigenvalue weighted by atomic mass is 10.1. The second-order valence-corrected chi connectivity index (χ2v) is 5.21. The zero-order valence-corrected chi connectivity index (χ0v) is 9.32. The van der Waals surface area contributed by atoms with E-state index in [1.54, 1.807) is 6.07 Å². The van der Waals surface area contributed by atoms with Crippen LogP contribution in [0.25, 0.3) is 0 Å². The van der Waals surface area contributed by atoms with Crippen molar-refractivity contribution in [2.75, 3.05) is 0 Å². The first-order valence-corrected chi connectivity index (χ1v) is 5.52. The zero-order chi connectivity index (χ0) is 9.56. The molecule has 70 valence electrons. The van der Waals surface area contributed by atoms with Crippen molar-refractivity contribution in [1.29, 1.82) is 5.26 Å². The fourth-order valence-electron chi connectivity index (χ4n) is 1.32. The van der Waals surface area contributed by atoms with E-state index in [1.807, 2.05) is 0 Å². The molecule has 0 N–H and O–H groups in total. The first-order valence-electron chi connectivity index (χ1n) is 4.58. The molecule has 1 rings (SSSR count). The fourth-order valence-corrected chi connectivity index (χ4v) is 2.78. The maximum atomic E-state index is 7.32. The van der Waals surface area contributed by atoms with Crippen molar-refractivity contribution in [3.05, 3.63) is 0 Å². The lowest BCUT2D eigenvalue weighted by Crippen LogP contribution is -2.05. The first kappa shape index (κ1) is 11.8. The first-order chi connectivity index (χ1) is 5.61. The maximum absolute atomic E-state index is 7.32. The van der Waals surface area contributed by atoms with Gasteiger partial charge in [-0.2, -0.15) is 17.0 Å². The van der Waals surface area contributed by atoms with Crippen LogP contribution in [0.2, 0.25) is 0 Å². The van der Waals surface area contributed by atoms with Gasteiger partial charge in [0, 0.05) is 17.4 Å². The van der Waals surface area contributed by atoms with E-state index in [1.165, 1.54) is 19.8 Å². The summed E-state index contributed by atoms with van der Waals surface area (Å²) in [5.74, 6) is 0.889. The van der Waals surface area contributed by atoms with E-state index in [9.17, 15) is 0 Å². The van der Waals surface area contributed by atoms with Gasteiger partial charge in [-0.1, -0.05) is 20.8 Å². The zero-order valence-electron chi connectivity index (χ0n) is 8.50. The van der Waals surface area contributed by atoms with Crippen LogP contribution in [0.3, 0.4) is 0 Å². The van der Waals surface area contributed by atoms with E-state index < -0.39 is 0 Å². The molecular formula is C10H19NS. The molecule has 0 aromatic carbocycles. The Morgan fingerprint density at radius 1 is 1.42 bits per heavy atom. The molecule has 2 unspecified atom stereocenters. The Morgan fingerprint density at radius 3 is 2.08 bits per heavy atom. The average molecular weight is 185 g/mol. The quantitative estimate of drug-likeness (QED) is 0.624. The van der Waals surface area contributed by atoms with Gasteiger partial charge in [0.2, 0.25) is 0 Å². The number of hydrogen-bond acceptors (Lipinski definition) is 2. The molecule has 1 nitrogen and oxygen atoms in total. The highest BCUT2D eigenvalue weighted by Gasteiger charge is 2.23. The summed E-state index contributed by atoms with van der Waals surface area (Å²) in [6, 6.07) is 1.75. The van der Waals surface area contributed by atoms with Crippen molar-refractivity contribution in [2.24, 2.45) is 5.92 Å². The monoisotopic (exact) mass is 185 g/mol. The Labute approximate surface area is 80.5 Å². The molecule has 2 heteroatoms. The van der Waals surface area contributed by atoms with Gasteiger partial charge >= 0.3 is 0 Å². The number of thioether (sulfide) groups is 1. The van der Waals surface area contributed by atoms with Gasteiger partial charge in [-0.25, -0.2) is 0 Å². The summed E-state index contributed by atoms with van der Waals surface area (Å²) in [6.07, 6.45) is 2.89. The average Bonchev–Trinajstić information content (AvgIpc) is 2.37. The summed E-state index contributed by atoms with van der Waals surface area (Å²) >= 11 is 2.17. The van der Waals surface area contributed by atoms with Crippen LogP contribution < -0.4 is 0 Å². The highest BCUT2D eigenvalue weighted by Crippen LogP contribution is 2.37. The lowest BCUT2D eigenvalue weighted by molar-refractivity contribution is 0.581. The van der Waals surface area contributed by atoms with Gasteiger partial charge in [-0.15, -0.1) is 0 Å². The fraction of sp³-hybridized carbons (Fsp3) is 0.900. The molecule has 1 aliphatic heterocycles. The molecule has 1 fully saturated rings. The van der Waals surface area contributed by atoms with Gasteiger partial charge in [0.15, 0.2) is 0 Å². The van der Waals surface area contributed by atoms with Crippen LogP contribution in [0.5, 0.6) is 0 Å². The lowest BCUT2D eigenvalue weighted by Gasteiger charge is -2.12. The van der Waals surface area contributed by atoms with Crippen molar-refractivity contribution in [3.8, 4) is 6.07 Å². The molecule has 1 aliphatic rings. The molecule has 1 saturated heterocycles. The van der Waals surface area contributed by atoms with Gasteiger partial charge in [0.1, 0.15) is 0 Å². The predicted molar refractivity (Wildman–Crippen MR) is 56.2 cm³/mol. The van der Waals surface area contributed by atoms with Crippen LogP contribution in [0.4, 0.5) is 0 Å². The van der Waals surface area contributed by atoms with Crippen molar-refractivity contribution >= 4 is 11.8 Å². The topological polar surface area (TPSA) is 23.8 Å². The molecule has 1 heterocycles. The summed E-state index contributed by atoms with van der Waals surface area (Å²) < 4.78 is 0. The van der Waals surface area contributed by atoms with Crippen molar-refractivity contribution in [2.45, 2.75) is 51.0 Å². The van der Waals surface area contributed by atoms with Crippen LogP contribution in [-0.2, 0) is 0 Å². The number of nitriles is 1. The Hall–Kier alpha value is -0.160. The van der Waals surface area contributed by atoms with Gasteiger partial charge in [0.05, 0.1) is 6.07 Å².